The smallest absolute Gasteiger partial charge is 0.0991 e. The molecule has 164 valence electrons. The maximum atomic E-state index is 12.1. The van der Waals surface area contributed by atoms with E-state index in [4.69, 9.17) is 5.26 Å². The van der Waals surface area contributed by atoms with Crippen molar-refractivity contribution in [2.45, 2.75) is 89.9 Å². The van der Waals surface area contributed by atoms with E-state index in [-0.39, 0.29) is 6.67 Å². The van der Waals surface area contributed by atoms with Gasteiger partial charge in [-0.15, -0.1) is 0 Å². The second kappa shape index (κ2) is 12.9. The van der Waals surface area contributed by atoms with Crippen molar-refractivity contribution in [2.75, 3.05) is 6.67 Å². The molecule has 1 aromatic rings. The third-order valence-corrected chi connectivity index (χ3v) is 7.71. The monoisotopic (exact) mass is 409 g/mol. The number of benzene rings is 1. The lowest BCUT2D eigenvalue weighted by Gasteiger charge is -2.37. The molecule has 1 nitrogen and oxygen atoms in total. The third kappa shape index (κ3) is 7.57. The van der Waals surface area contributed by atoms with Crippen LogP contribution in [-0.4, -0.2) is 6.67 Å². The van der Waals surface area contributed by atoms with E-state index in [0.29, 0.717) is 0 Å². The van der Waals surface area contributed by atoms with Crippen LogP contribution in [0.2, 0.25) is 0 Å². The van der Waals surface area contributed by atoms with Crippen molar-refractivity contribution < 1.29 is 4.39 Å². The third-order valence-electron chi connectivity index (χ3n) is 7.71. The van der Waals surface area contributed by atoms with Crippen molar-refractivity contribution in [2.24, 2.45) is 23.7 Å². The highest BCUT2D eigenvalue weighted by molar-refractivity contribution is 5.31. The van der Waals surface area contributed by atoms with Crippen molar-refractivity contribution in [1.82, 2.24) is 0 Å². The van der Waals surface area contributed by atoms with Crippen LogP contribution in [0.3, 0.4) is 0 Å². The molecule has 0 N–H and O–H groups in total. The Morgan fingerprint density at radius 1 is 0.867 bits per heavy atom. The molecule has 0 aromatic heterocycles. The molecule has 0 amide bonds. The molecular formula is C28H40FN. The van der Waals surface area contributed by atoms with E-state index in [0.717, 1.165) is 61.3 Å². The zero-order chi connectivity index (χ0) is 21.0. The van der Waals surface area contributed by atoms with Crippen LogP contribution < -0.4 is 0 Å². The maximum Gasteiger partial charge on any atom is 0.0991 e. The Morgan fingerprint density at radius 3 is 2.17 bits per heavy atom. The fourth-order valence-corrected chi connectivity index (χ4v) is 5.70. The van der Waals surface area contributed by atoms with E-state index < -0.39 is 0 Å². The molecule has 3 rings (SSSR count). The van der Waals surface area contributed by atoms with Gasteiger partial charge in [0.15, 0.2) is 0 Å². The van der Waals surface area contributed by atoms with Crippen molar-refractivity contribution >= 4 is 0 Å². The number of nitriles is 1. The predicted octanol–water partition coefficient (Wildman–Crippen LogP) is 8.19. The van der Waals surface area contributed by atoms with Gasteiger partial charge in [-0.2, -0.15) is 5.26 Å². The Bertz CT molecular complexity index is 655. The Labute approximate surface area is 183 Å². The van der Waals surface area contributed by atoms with Gasteiger partial charge < -0.3 is 0 Å². The second-order valence-electron chi connectivity index (χ2n) is 9.77. The minimum atomic E-state index is -0.160. The molecule has 0 saturated heterocycles. The highest BCUT2D eigenvalue weighted by Gasteiger charge is 2.30. The Hall–Kier alpha value is -1.62. The lowest BCUT2D eigenvalue weighted by atomic mass is 9.68. The van der Waals surface area contributed by atoms with Gasteiger partial charge in [-0.05, 0) is 112 Å². The Balaban J connectivity index is 1.29. The Morgan fingerprint density at radius 2 is 1.53 bits per heavy atom. The quantitative estimate of drug-likeness (QED) is 0.282. The van der Waals surface area contributed by atoms with Crippen LogP contribution in [0.15, 0.2) is 36.4 Å². The summed E-state index contributed by atoms with van der Waals surface area (Å²) in [4.78, 5) is 0. The molecule has 30 heavy (non-hydrogen) atoms. The SMILES string of the molecule is N#Cc1ccc(CCC2CCC(C3CCC(/C=C/CCCCCF)CC3)CC2)cc1. The molecule has 0 atom stereocenters. The number of aryl methyl sites for hydroxylation is 1. The van der Waals surface area contributed by atoms with Crippen molar-refractivity contribution in [3.05, 3.63) is 47.5 Å². The number of nitrogens with zero attached hydrogens (tertiary/aromatic N) is 1. The summed E-state index contributed by atoms with van der Waals surface area (Å²) in [5, 5.41) is 8.92. The average molecular weight is 410 g/mol. The number of rotatable bonds is 10. The number of halogens is 1. The highest BCUT2D eigenvalue weighted by Crippen LogP contribution is 2.42. The van der Waals surface area contributed by atoms with E-state index >= 15 is 0 Å². The number of hydrogen-bond donors (Lipinski definition) is 0. The van der Waals surface area contributed by atoms with Gasteiger partial charge in [-0.3, -0.25) is 4.39 Å². The maximum absolute atomic E-state index is 12.1. The molecule has 2 saturated carbocycles. The molecule has 2 fully saturated rings. The van der Waals surface area contributed by atoms with Crippen LogP contribution in [-0.2, 0) is 6.42 Å². The molecule has 0 spiro atoms. The van der Waals surface area contributed by atoms with E-state index in [1.807, 2.05) is 12.1 Å². The standard InChI is InChI=1S/C28H40FN/c29-21-5-3-1-2-4-6-23-13-17-27(18-14-23)28-19-15-25(16-20-28)8-7-24-9-11-26(22-30)12-10-24/h4,6,9-12,23,25,27-28H,1-3,5,7-8,13-21H2/b6-4+. The summed E-state index contributed by atoms with van der Waals surface area (Å²) < 4.78 is 12.1. The summed E-state index contributed by atoms with van der Waals surface area (Å²) in [6.07, 6.45) is 22.7. The molecule has 0 radical (unpaired) electrons. The molecule has 1 aromatic carbocycles. The van der Waals surface area contributed by atoms with E-state index in [9.17, 15) is 4.39 Å². The molecule has 2 heteroatoms. The Kier molecular flexibility index (Phi) is 9.94. The van der Waals surface area contributed by atoms with Crippen LogP contribution >= 0.6 is 0 Å². The topological polar surface area (TPSA) is 23.8 Å². The van der Waals surface area contributed by atoms with Gasteiger partial charge in [0.1, 0.15) is 0 Å². The molecule has 0 aliphatic heterocycles. The minimum absolute atomic E-state index is 0.160. The van der Waals surface area contributed by atoms with Gasteiger partial charge in [0.25, 0.3) is 0 Å². The minimum Gasteiger partial charge on any atom is -0.251 e. The summed E-state index contributed by atoms with van der Waals surface area (Å²) in [7, 11) is 0. The highest BCUT2D eigenvalue weighted by atomic mass is 19.1. The summed E-state index contributed by atoms with van der Waals surface area (Å²) in [5.74, 6) is 3.64. The van der Waals surface area contributed by atoms with Crippen molar-refractivity contribution in [3.8, 4) is 6.07 Å². The fraction of sp³-hybridized carbons (Fsp3) is 0.679. The second-order valence-corrected chi connectivity index (χ2v) is 9.77. The first-order valence-electron chi connectivity index (χ1n) is 12.5. The van der Waals surface area contributed by atoms with Gasteiger partial charge in [0, 0.05) is 0 Å². The summed E-state index contributed by atoms with van der Waals surface area (Å²) in [6.45, 7) is -0.160. The average Bonchev–Trinajstić information content (AvgIpc) is 2.81. The van der Waals surface area contributed by atoms with Crippen LogP contribution in [0.4, 0.5) is 4.39 Å². The molecule has 2 aliphatic carbocycles. The van der Waals surface area contributed by atoms with Crippen LogP contribution in [0, 0.1) is 35.0 Å². The largest absolute Gasteiger partial charge is 0.251 e. The predicted molar refractivity (Wildman–Crippen MR) is 124 cm³/mol. The first kappa shape index (κ1) is 23.1. The number of alkyl halides is 1. The van der Waals surface area contributed by atoms with E-state index in [2.05, 4.69) is 30.4 Å². The van der Waals surface area contributed by atoms with Gasteiger partial charge >= 0.3 is 0 Å². The number of hydrogen-bond acceptors (Lipinski definition) is 1. The fourth-order valence-electron chi connectivity index (χ4n) is 5.70. The summed E-state index contributed by atoms with van der Waals surface area (Å²) in [5.41, 5.74) is 2.14. The molecule has 0 bridgehead atoms. The lowest BCUT2D eigenvalue weighted by Crippen LogP contribution is -2.25. The first-order chi connectivity index (χ1) is 14.8. The lowest BCUT2D eigenvalue weighted by molar-refractivity contribution is 0.152. The first-order valence-corrected chi connectivity index (χ1v) is 12.5. The van der Waals surface area contributed by atoms with Gasteiger partial charge in [-0.1, -0.05) is 43.5 Å². The zero-order valence-corrected chi connectivity index (χ0v) is 18.7. The number of allylic oxidation sites excluding steroid dienone is 2. The van der Waals surface area contributed by atoms with Crippen molar-refractivity contribution in [1.29, 1.82) is 5.26 Å². The van der Waals surface area contributed by atoms with E-state index in [1.54, 1.807) is 0 Å². The van der Waals surface area contributed by atoms with Gasteiger partial charge in [-0.25, -0.2) is 0 Å². The van der Waals surface area contributed by atoms with Crippen LogP contribution in [0.25, 0.3) is 0 Å². The van der Waals surface area contributed by atoms with Gasteiger partial charge in [0.05, 0.1) is 18.3 Å². The summed E-state index contributed by atoms with van der Waals surface area (Å²) in [6, 6.07) is 10.4. The zero-order valence-electron chi connectivity index (χ0n) is 18.7. The van der Waals surface area contributed by atoms with E-state index in [1.165, 1.54) is 63.4 Å². The normalized spacial score (nSPS) is 27.2. The van der Waals surface area contributed by atoms with Crippen molar-refractivity contribution in [3.63, 3.8) is 0 Å². The van der Waals surface area contributed by atoms with Crippen LogP contribution in [0.1, 0.15) is 94.6 Å². The number of unbranched alkanes of at least 4 members (excludes halogenated alkanes) is 3. The molecule has 0 unspecified atom stereocenters. The van der Waals surface area contributed by atoms with Crippen LogP contribution in [0.5, 0.6) is 0 Å². The molecular weight excluding hydrogens is 369 g/mol. The molecule has 0 heterocycles. The summed E-state index contributed by atoms with van der Waals surface area (Å²) >= 11 is 0. The molecule has 2 aliphatic rings. The van der Waals surface area contributed by atoms with Gasteiger partial charge in [0.2, 0.25) is 0 Å².